The van der Waals surface area contributed by atoms with Crippen LogP contribution >= 0.6 is 0 Å². The summed E-state index contributed by atoms with van der Waals surface area (Å²) in [6.07, 6.45) is 4.87. The van der Waals surface area contributed by atoms with Gasteiger partial charge in [-0.05, 0) is 90.2 Å². The van der Waals surface area contributed by atoms with Gasteiger partial charge >= 0.3 is 17.9 Å². The molecule has 3 aliphatic heterocycles. The molecule has 2 aromatic rings. The number of aryl methyl sites for hydroxylation is 2. The number of carbonyl (C=O) groups excluding carboxylic acids is 5. The van der Waals surface area contributed by atoms with Crippen molar-refractivity contribution in [1.29, 1.82) is 0 Å². The number of aliphatic carboxylic acids is 1. The summed E-state index contributed by atoms with van der Waals surface area (Å²) < 4.78 is 10.4. The third-order valence-electron chi connectivity index (χ3n) is 10.1. The monoisotopic (exact) mass is 734 g/mol. The van der Waals surface area contributed by atoms with Crippen molar-refractivity contribution in [3.8, 4) is 0 Å². The number of hydrogen-bond acceptors (Lipinski definition) is 9. The van der Waals surface area contributed by atoms with Gasteiger partial charge in [0.1, 0.15) is 30.2 Å². The Hall–Kier alpha value is -4.78. The number of benzene rings is 2. The van der Waals surface area contributed by atoms with Crippen LogP contribution in [-0.2, 0) is 51.1 Å². The minimum atomic E-state index is -0.987. The molecule has 5 rings (SSSR count). The van der Waals surface area contributed by atoms with Crippen LogP contribution in [0.4, 0.5) is 0 Å². The molecule has 2 N–H and O–H groups in total. The summed E-state index contributed by atoms with van der Waals surface area (Å²) in [4.78, 5) is 79.2. The number of carboxylic acid groups (broad SMARTS) is 1. The maximum Gasteiger partial charge on any atom is 0.328 e. The van der Waals surface area contributed by atoms with E-state index in [1.807, 2.05) is 60.7 Å². The third-order valence-corrected chi connectivity index (χ3v) is 10.1. The van der Waals surface area contributed by atoms with Gasteiger partial charge in [-0.15, -0.1) is 0 Å². The number of ether oxygens (including phenoxy) is 2. The molecule has 1 unspecified atom stereocenters. The first-order chi connectivity index (χ1) is 25.5. The molecule has 13 heteroatoms. The van der Waals surface area contributed by atoms with E-state index in [1.54, 1.807) is 32.6 Å². The fraction of sp³-hybridized carbons (Fsp3) is 0.550. The highest BCUT2D eigenvalue weighted by atomic mass is 16.5. The Morgan fingerprint density at radius 2 is 1.38 bits per heavy atom. The summed E-state index contributed by atoms with van der Waals surface area (Å²) in [6.45, 7) is 8.42. The topological polar surface area (TPSA) is 163 Å². The van der Waals surface area contributed by atoms with Crippen LogP contribution in [0, 0.1) is 0 Å². The van der Waals surface area contributed by atoms with E-state index in [0.717, 1.165) is 17.5 Å². The summed E-state index contributed by atoms with van der Waals surface area (Å²) in [5, 5.41) is 12.3. The molecule has 3 aliphatic rings. The molecule has 0 spiro atoms. The highest BCUT2D eigenvalue weighted by molar-refractivity contribution is 5.99. The Balaban J connectivity index is 0.000000237. The molecule has 0 bridgehead atoms. The van der Waals surface area contributed by atoms with Crippen molar-refractivity contribution in [3.05, 3.63) is 71.8 Å². The van der Waals surface area contributed by atoms with Crippen molar-refractivity contribution in [2.24, 2.45) is 0 Å². The molecule has 0 aromatic heterocycles. The summed E-state index contributed by atoms with van der Waals surface area (Å²) in [7, 11) is 0. The van der Waals surface area contributed by atoms with E-state index in [9.17, 15) is 33.9 Å². The van der Waals surface area contributed by atoms with E-state index in [-0.39, 0.29) is 30.9 Å². The van der Waals surface area contributed by atoms with E-state index < -0.39 is 54.2 Å². The van der Waals surface area contributed by atoms with Gasteiger partial charge in [0.2, 0.25) is 17.7 Å². The standard InChI is InChI=1S/C20H28N2O5.C20H26N2O4/c1-3-27-20(26)16(12-11-15-8-5-4-6-9-15)21-14(2)18(23)22-13-7-10-17(22)19(24)25;1-3-26-20(25)17(12-11-15-8-5-4-6-9-15)22-14(2)18(23)21-13-7-10-16(21)19(22)24/h4-6,8-9,14,16-17,21H,3,7,10-13H2,1-2H3,(H,24,25);4-6,8-9,14,16-17H,3,7,10-13H2,1-2H3/t14-,16-,17-;14-,16?,17-/m00/s1. The lowest BCUT2D eigenvalue weighted by Crippen LogP contribution is -2.65. The van der Waals surface area contributed by atoms with Gasteiger partial charge in [-0.25, -0.2) is 9.59 Å². The van der Waals surface area contributed by atoms with Gasteiger partial charge in [0, 0.05) is 13.1 Å². The second-order valence-corrected chi connectivity index (χ2v) is 13.6. The van der Waals surface area contributed by atoms with Gasteiger partial charge in [-0.1, -0.05) is 60.7 Å². The van der Waals surface area contributed by atoms with Crippen LogP contribution in [-0.4, -0.2) is 118 Å². The van der Waals surface area contributed by atoms with Crippen LogP contribution < -0.4 is 5.32 Å². The van der Waals surface area contributed by atoms with Crippen LogP contribution in [0.5, 0.6) is 0 Å². The number of nitrogens with zero attached hydrogens (tertiary/aromatic N) is 3. The minimum Gasteiger partial charge on any atom is -0.480 e. The number of fused-ring (bicyclic) bond motifs is 1. The predicted molar refractivity (Wildman–Crippen MR) is 196 cm³/mol. The number of esters is 2. The Morgan fingerprint density at radius 1 is 0.811 bits per heavy atom. The average Bonchev–Trinajstić information content (AvgIpc) is 3.86. The van der Waals surface area contributed by atoms with Crippen LogP contribution in [0.1, 0.15) is 77.3 Å². The first-order valence-electron chi connectivity index (χ1n) is 18.8. The quantitative estimate of drug-likeness (QED) is 0.260. The molecule has 288 valence electrons. The SMILES string of the molecule is CCOC(=O)[C@H](CCc1ccccc1)N1C(=O)C2CCCN2C(=O)[C@@H]1C.CCOC(=O)[C@H](CCc1ccccc1)N[C@@H](C)C(=O)N1CCC[C@H]1C(=O)O. The van der Waals surface area contributed by atoms with E-state index in [2.05, 4.69) is 5.32 Å². The van der Waals surface area contributed by atoms with E-state index in [4.69, 9.17) is 9.47 Å². The summed E-state index contributed by atoms with van der Waals surface area (Å²) in [5.41, 5.74) is 2.19. The van der Waals surface area contributed by atoms with Crippen LogP contribution in [0.3, 0.4) is 0 Å². The lowest BCUT2D eigenvalue weighted by atomic mass is 9.98. The van der Waals surface area contributed by atoms with Gasteiger partial charge in [-0.3, -0.25) is 24.5 Å². The zero-order chi connectivity index (χ0) is 38.5. The number of amides is 3. The largest absolute Gasteiger partial charge is 0.480 e. The molecular formula is C40H54N4O9. The molecule has 3 amide bonds. The molecule has 6 atom stereocenters. The maximum atomic E-state index is 13.0. The molecule has 53 heavy (non-hydrogen) atoms. The Bertz CT molecular complexity index is 1560. The number of piperazine rings is 1. The second kappa shape index (κ2) is 19.9. The molecule has 0 aliphatic carbocycles. The summed E-state index contributed by atoms with van der Waals surface area (Å²) >= 11 is 0. The van der Waals surface area contributed by atoms with Crippen molar-refractivity contribution in [2.45, 2.75) is 115 Å². The van der Waals surface area contributed by atoms with Crippen molar-refractivity contribution >= 4 is 35.6 Å². The fourth-order valence-electron chi connectivity index (χ4n) is 7.37. The van der Waals surface area contributed by atoms with Crippen molar-refractivity contribution in [3.63, 3.8) is 0 Å². The zero-order valence-electron chi connectivity index (χ0n) is 31.3. The third kappa shape index (κ3) is 10.6. The van der Waals surface area contributed by atoms with Gasteiger partial charge in [0.15, 0.2) is 0 Å². The molecule has 0 radical (unpaired) electrons. The van der Waals surface area contributed by atoms with Crippen LogP contribution in [0.15, 0.2) is 60.7 Å². The van der Waals surface area contributed by atoms with Gasteiger partial charge in [0.05, 0.1) is 19.3 Å². The first kappa shape index (κ1) is 41.0. The van der Waals surface area contributed by atoms with Gasteiger partial charge < -0.3 is 29.3 Å². The number of hydrogen-bond donors (Lipinski definition) is 2. The number of likely N-dealkylation sites (tertiary alicyclic amines) is 1. The first-order valence-corrected chi connectivity index (χ1v) is 18.8. The lowest BCUT2D eigenvalue weighted by molar-refractivity contribution is -0.168. The van der Waals surface area contributed by atoms with E-state index in [1.165, 1.54) is 9.80 Å². The molecule has 3 saturated heterocycles. The molecule has 13 nitrogen and oxygen atoms in total. The second-order valence-electron chi connectivity index (χ2n) is 13.6. The van der Waals surface area contributed by atoms with Crippen LogP contribution in [0.2, 0.25) is 0 Å². The van der Waals surface area contributed by atoms with E-state index in [0.29, 0.717) is 58.0 Å². The highest BCUT2D eigenvalue weighted by Gasteiger charge is 2.49. The maximum absolute atomic E-state index is 13.0. The minimum absolute atomic E-state index is 0.0684. The number of carboxylic acids is 1. The number of rotatable bonds is 15. The molecule has 2 aromatic carbocycles. The van der Waals surface area contributed by atoms with Crippen LogP contribution in [0.25, 0.3) is 0 Å². The van der Waals surface area contributed by atoms with Crippen molar-refractivity contribution in [1.82, 2.24) is 20.0 Å². The lowest BCUT2D eigenvalue weighted by Gasteiger charge is -2.43. The average molecular weight is 735 g/mol. The fourth-order valence-corrected chi connectivity index (χ4v) is 7.37. The highest BCUT2D eigenvalue weighted by Crippen LogP contribution is 2.30. The summed E-state index contributed by atoms with van der Waals surface area (Å²) in [6, 6.07) is 15.7. The summed E-state index contributed by atoms with van der Waals surface area (Å²) in [5.74, 6) is -2.30. The predicted octanol–water partition coefficient (Wildman–Crippen LogP) is 3.38. The Kier molecular flexibility index (Phi) is 15.4. The van der Waals surface area contributed by atoms with Gasteiger partial charge in [0.25, 0.3) is 0 Å². The Morgan fingerprint density at radius 3 is 1.96 bits per heavy atom. The zero-order valence-corrected chi connectivity index (χ0v) is 31.3. The smallest absolute Gasteiger partial charge is 0.328 e. The van der Waals surface area contributed by atoms with Crippen molar-refractivity contribution in [2.75, 3.05) is 26.3 Å². The molecular weight excluding hydrogens is 680 g/mol. The Labute approximate surface area is 312 Å². The molecule has 3 fully saturated rings. The number of carbonyl (C=O) groups is 6. The van der Waals surface area contributed by atoms with Crippen molar-refractivity contribution < 1.29 is 43.3 Å². The molecule has 3 heterocycles. The normalized spacial score (nSPS) is 21.2. The molecule has 0 saturated carbocycles. The number of nitrogens with one attached hydrogen (secondary N) is 1. The van der Waals surface area contributed by atoms with E-state index >= 15 is 0 Å². The van der Waals surface area contributed by atoms with Gasteiger partial charge in [-0.2, -0.15) is 0 Å².